The second-order valence-electron chi connectivity index (χ2n) is 4.68. The van der Waals surface area contributed by atoms with Gasteiger partial charge in [-0.2, -0.15) is 0 Å². The average molecular weight is 230 g/mol. The van der Waals surface area contributed by atoms with Crippen molar-refractivity contribution >= 4 is 5.97 Å². The number of nitrogens with zero attached hydrogens (tertiary/aromatic N) is 1. The van der Waals surface area contributed by atoms with Crippen LogP contribution in [0.1, 0.15) is 33.1 Å². The Bertz CT molecular complexity index is 195. The second kappa shape index (κ2) is 8.53. The maximum absolute atomic E-state index is 10.9. The molecule has 1 atom stereocenters. The number of hydrogen-bond donors (Lipinski definition) is 1. The Kier molecular flexibility index (Phi) is 8.21. The number of esters is 1. The normalized spacial score (nSPS) is 13.2. The zero-order chi connectivity index (χ0) is 12.6. The van der Waals surface area contributed by atoms with E-state index in [2.05, 4.69) is 30.5 Å². The number of nitrogens with two attached hydrogens (primary N) is 1. The van der Waals surface area contributed by atoms with E-state index in [4.69, 9.17) is 5.73 Å². The summed E-state index contributed by atoms with van der Waals surface area (Å²) in [7, 11) is 3.48. The lowest BCUT2D eigenvalue weighted by Gasteiger charge is -2.21. The van der Waals surface area contributed by atoms with Gasteiger partial charge in [-0.25, -0.2) is 0 Å². The van der Waals surface area contributed by atoms with Gasteiger partial charge in [-0.15, -0.1) is 0 Å². The second-order valence-corrected chi connectivity index (χ2v) is 4.68. The summed E-state index contributed by atoms with van der Waals surface area (Å²) in [6.45, 7) is 6.18. The van der Waals surface area contributed by atoms with Crippen LogP contribution in [-0.4, -0.2) is 44.2 Å². The minimum Gasteiger partial charge on any atom is -0.469 e. The van der Waals surface area contributed by atoms with Gasteiger partial charge in [0.25, 0.3) is 0 Å². The van der Waals surface area contributed by atoms with Crippen molar-refractivity contribution in [1.29, 1.82) is 0 Å². The van der Waals surface area contributed by atoms with E-state index in [0.717, 1.165) is 25.9 Å². The third kappa shape index (κ3) is 7.65. The molecule has 0 bridgehead atoms. The SMILES string of the molecule is COC(=O)CCCN(C)CCC(N)C(C)C. The predicted molar refractivity (Wildman–Crippen MR) is 66.2 cm³/mol. The molecule has 96 valence electrons. The molecule has 0 aromatic carbocycles. The van der Waals surface area contributed by atoms with Crippen LogP contribution >= 0.6 is 0 Å². The Hall–Kier alpha value is -0.610. The van der Waals surface area contributed by atoms with Gasteiger partial charge in [0.15, 0.2) is 0 Å². The van der Waals surface area contributed by atoms with E-state index in [0.29, 0.717) is 12.3 Å². The first-order chi connectivity index (χ1) is 7.47. The highest BCUT2D eigenvalue weighted by atomic mass is 16.5. The van der Waals surface area contributed by atoms with Crippen molar-refractivity contribution in [3.8, 4) is 0 Å². The number of hydrogen-bond acceptors (Lipinski definition) is 4. The molecule has 0 aromatic heterocycles. The zero-order valence-corrected chi connectivity index (χ0v) is 11.0. The molecule has 4 heteroatoms. The van der Waals surface area contributed by atoms with Crippen LogP contribution in [0.15, 0.2) is 0 Å². The summed E-state index contributed by atoms with van der Waals surface area (Å²) < 4.78 is 4.58. The maximum Gasteiger partial charge on any atom is 0.305 e. The van der Waals surface area contributed by atoms with Gasteiger partial charge in [-0.05, 0) is 38.9 Å². The fourth-order valence-electron chi connectivity index (χ4n) is 1.41. The van der Waals surface area contributed by atoms with Gasteiger partial charge in [0.1, 0.15) is 0 Å². The Balaban J connectivity index is 3.51. The first kappa shape index (κ1) is 15.4. The number of carbonyl (C=O) groups is 1. The first-order valence-corrected chi connectivity index (χ1v) is 5.98. The molecule has 0 aromatic rings. The molecule has 4 nitrogen and oxygen atoms in total. The highest BCUT2D eigenvalue weighted by molar-refractivity contribution is 5.69. The topological polar surface area (TPSA) is 55.6 Å². The van der Waals surface area contributed by atoms with Gasteiger partial charge in [0.05, 0.1) is 7.11 Å². The summed E-state index contributed by atoms with van der Waals surface area (Å²) in [4.78, 5) is 13.1. The molecule has 0 fully saturated rings. The molecular weight excluding hydrogens is 204 g/mol. The lowest BCUT2D eigenvalue weighted by Crippen LogP contribution is -2.32. The minimum absolute atomic E-state index is 0.132. The fraction of sp³-hybridized carbons (Fsp3) is 0.917. The van der Waals surface area contributed by atoms with E-state index in [1.54, 1.807) is 0 Å². The first-order valence-electron chi connectivity index (χ1n) is 5.98. The standard InChI is InChI=1S/C12H26N2O2/c1-10(2)11(13)7-9-14(3)8-5-6-12(15)16-4/h10-11H,5-9,13H2,1-4H3. The van der Waals surface area contributed by atoms with Gasteiger partial charge in [0, 0.05) is 12.5 Å². The molecule has 0 heterocycles. The molecule has 0 amide bonds. The Morgan fingerprint density at radius 3 is 2.50 bits per heavy atom. The van der Waals surface area contributed by atoms with Gasteiger partial charge >= 0.3 is 5.97 Å². The van der Waals surface area contributed by atoms with Crippen molar-refractivity contribution in [2.45, 2.75) is 39.2 Å². The molecule has 0 saturated carbocycles. The number of methoxy groups -OCH3 is 1. The summed E-state index contributed by atoms with van der Waals surface area (Å²) in [5.41, 5.74) is 5.96. The van der Waals surface area contributed by atoms with Crippen molar-refractivity contribution in [2.75, 3.05) is 27.2 Å². The van der Waals surface area contributed by atoms with Crippen LogP contribution in [0, 0.1) is 5.92 Å². The van der Waals surface area contributed by atoms with Crippen LogP contribution in [0.25, 0.3) is 0 Å². The molecular formula is C12H26N2O2. The van der Waals surface area contributed by atoms with Crippen LogP contribution < -0.4 is 5.73 Å². The Morgan fingerprint density at radius 1 is 1.38 bits per heavy atom. The lowest BCUT2D eigenvalue weighted by molar-refractivity contribution is -0.140. The number of rotatable bonds is 8. The van der Waals surface area contributed by atoms with Gasteiger partial charge in [-0.3, -0.25) is 4.79 Å². The van der Waals surface area contributed by atoms with Gasteiger partial charge < -0.3 is 15.4 Å². The quantitative estimate of drug-likeness (QED) is 0.638. The van der Waals surface area contributed by atoms with Crippen LogP contribution in [0.4, 0.5) is 0 Å². The Labute approximate surface area is 99.1 Å². The van der Waals surface area contributed by atoms with Gasteiger partial charge in [-0.1, -0.05) is 13.8 Å². The summed E-state index contributed by atoms with van der Waals surface area (Å²) >= 11 is 0. The van der Waals surface area contributed by atoms with E-state index in [1.165, 1.54) is 7.11 Å². The lowest BCUT2D eigenvalue weighted by atomic mass is 10.0. The predicted octanol–water partition coefficient (Wildman–Crippen LogP) is 1.24. The van der Waals surface area contributed by atoms with Crippen molar-refractivity contribution in [1.82, 2.24) is 4.90 Å². The summed E-state index contributed by atoms with van der Waals surface area (Å²) in [6.07, 6.45) is 2.35. The molecule has 0 aliphatic carbocycles. The monoisotopic (exact) mass is 230 g/mol. The Morgan fingerprint density at radius 2 is 2.00 bits per heavy atom. The smallest absolute Gasteiger partial charge is 0.305 e. The minimum atomic E-state index is -0.132. The molecule has 2 N–H and O–H groups in total. The van der Waals surface area contributed by atoms with E-state index in [-0.39, 0.29) is 12.0 Å². The molecule has 0 aliphatic heterocycles. The number of ether oxygens (including phenoxy) is 1. The van der Waals surface area contributed by atoms with Crippen molar-refractivity contribution in [2.24, 2.45) is 11.7 Å². The van der Waals surface area contributed by atoms with Crippen molar-refractivity contribution in [3.63, 3.8) is 0 Å². The highest BCUT2D eigenvalue weighted by Crippen LogP contribution is 2.04. The molecule has 16 heavy (non-hydrogen) atoms. The van der Waals surface area contributed by atoms with Crippen molar-refractivity contribution in [3.05, 3.63) is 0 Å². The third-order valence-electron chi connectivity index (χ3n) is 2.85. The average Bonchev–Trinajstić information content (AvgIpc) is 2.25. The maximum atomic E-state index is 10.9. The zero-order valence-electron chi connectivity index (χ0n) is 11.0. The van der Waals surface area contributed by atoms with Gasteiger partial charge in [0.2, 0.25) is 0 Å². The molecule has 0 spiro atoms. The van der Waals surface area contributed by atoms with E-state index >= 15 is 0 Å². The fourth-order valence-corrected chi connectivity index (χ4v) is 1.41. The third-order valence-corrected chi connectivity index (χ3v) is 2.85. The van der Waals surface area contributed by atoms with E-state index < -0.39 is 0 Å². The molecule has 0 rings (SSSR count). The summed E-state index contributed by atoms with van der Waals surface area (Å²) in [6, 6.07) is 0.267. The van der Waals surface area contributed by atoms with Crippen LogP contribution in [0.5, 0.6) is 0 Å². The molecule has 0 radical (unpaired) electrons. The number of carbonyl (C=O) groups excluding carboxylic acids is 1. The van der Waals surface area contributed by atoms with Crippen LogP contribution in [0.2, 0.25) is 0 Å². The highest BCUT2D eigenvalue weighted by Gasteiger charge is 2.09. The molecule has 1 unspecified atom stereocenters. The van der Waals surface area contributed by atoms with Crippen molar-refractivity contribution < 1.29 is 9.53 Å². The van der Waals surface area contributed by atoms with E-state index in [1.807, 2.05) is 0 Å². The van der Waals surface area contributed by atoms with Crippen LogP contribution in [0.3, 0.4) is 0 Å². The largest absolute Gasteiger partial charge is 0.469 e. The summed E-state index contributed by atoms with van der Waals surface area (Å²) in [5, 5.41) is 0. The molecule has 0 saturated heterocycles. The summed E-state index contributed by atoms with van der Waals surface area (Å²) in [5.74, 6) is 0.399. The van der Waals surface area contributed by atoms with Crippen LogP contribution in [-0.2, 0) is 9.53 Å². The van der Waals surface area contributed by atoms with E-state index in [9.17, 15) is 4.79 Å². The molecule has 0 aliphatic rings.